The van der Waals surface area contributed by atoms with Crippen molar-refractivity contribution in [2.45, 2.75) is 84.5 Å². The first-order chi connectivity index (χ1) is 16.4. The van der Waals surface area contributed by atoms with Crippen LogP contribution < -0.4 is 16.6 Å². The maximum Gasteiger partial charge on any atom is 0.407 e. The fourth-order valence-electron chi connectivity index (χ4n) is 4.46. The van der Waals surface area contributed by atoms with Gasteiger partial charge in [0, 0.05) is 11.3 Å². The van der Waals surface area contributed by atoms with Crippen LogP contribution in [0.2, 0.25) is 0 Å². The first kappa shape index (κ1) is 27.1. The maximum atomic E-state index is 14.3. The number of benzene rings is 1. The van der Waals surface area contributed by atoms with E-state index in [4.69, 9.17) is 4.74 Å². The minimum atomic E-state index is -0.781. The minimum absolute atomic E-state index is 0.0557. The molecule has 1 aliphatic carbocycles. The Hall–Kier alpha value is -2.49. The Bertz CT molecular complexity index is 1180. The Kier molecular flexibility index (Phi) is 8.56. The summed E-state index contributed by atoms with van der Waals surface area (Å²) in [6.07, 6.45) is 4.13. The molecule has 1 amide bonds. The number of ether oxygens (including phenoxy) is 1. The maximum absolute atomic E-state index is 14.3. The highest BCUT2D eigenvalue weighted by atomic mass is 79.9. The summed E-state index contributed by atoms with van der Waals surface area (Å²) in [7, 11) is 0. The van der Waals surface area contributed by atoms with Gasteiger partial charge in [0.15, 0.2) is 0 Å². The van der Waals surface area contributed by atoms with E-state index in [9.17, 15) is 23.2 Å². The Balaban J connectivity index is 2.01. The second-order valence-electron chi connectivity index (χ2n) is 10.0. The van der Waals surface area contributed by atoms with Crippen molar-refractivity contribution >= 4 is 22.0 Å². The Morgan fingerprint density at radius 1 is 1.14 bits per heavy atom. The van der Waals surface area contributed by atoms with Crippen molar-refractivity contribution in [3.63, 3.8) is 0 Å². The summed E-state index contributed by atoms with van der Waals surface area (Å²) in [6, 6.07) is 2.96. The molecule has 10 heteroatoms. The predicted molar refractivity (Wildman–Crippen MR) is 133 cm³/mol. The molecule has 1 saturated carbocycles. The SMILES string of the molecule is Cc1c(Br)c(=O)n(CC(NC(=O)OC(C)(C)C)C2CCCCC2)c(=O)n1Cc1c(F)cccc1F. The number of nitrogens with zero attached hydrogens (tertiary/aromatic N) is 2. The van der Waals surface area contributed by atoms with E-state index in [-0.39, 0.29) is 34.7 Å². The largest absolute Gasteiger partial charge is 0.444 e. The molecule has 2 aromatic rings. The molecule has 1 aliphatic rings. The summed E-state index contributed by atoms with van der Waals surface area (Å²) in [5, 5.41) is 2.86. The molecule has 0 spiro atoms. The van der Waals surface area contributed by atoms with Crippen LogP contribution in [0.3, 0.4) is 0 Å². The molecule has 1 aromatic heterocycles. The zero-order valence-corrected chi connectivity index (χ0v) is 22.1. The number of hydrogen-bond donors (Lipinski definition) is 1. The average molecular weight is 556 g/mol. The van der Waals surface area contributed by atoms with Crippen molar-refractivity contribution in [1.29, 1.82) is 0 Å². The van der Waals surface area contributed by atoms with Crippen LogP contribution in [0, 0.1) is 24.5 Å². The van der Waals surface area contributed by atoms with Gasteiger partial charge in [-0.05, 0) is 74.5 Å². The lowest BCUT2D eigenvalue weighted by molar-refractivity contribution is 0.0467. The van der Waals surface area contributed by atoms with E-state index < -0.39 is 40.6 Å². The van der Waals surface area contributed by atoms with Gasteiger partial charge < -0.3 is 10.1 Å². The van der Waals surface area contributed by atoms with Crippen molar-refractivity contribution in [3.8, 4) is 0 Å². The molecule has 0 radical (unpaired) electrons. The molecule has 192 valence electrons. The van der Waals surface area contributed by atoms with Gasteiger partial charge in [-0.3, -0.25) is 13.9 Å². The van der Waals surface area contributed by atoms with Crippen molar-refractivity contribution < 1.29 is 18.3 Å². The monoisotopic (exact) mass is 555 g/mol. The van der Waals surface area contributed by atoms with Crippen molar-refractivity contribution in [2.24, 2.45) is 5.92 Å². The number of hydrogen-bond acceptors (Lipinski definition) is 4. The number of nitrogens with one attached hydrogen (secondary N) is 1. The summed E-state index contributed by atoms with van der Waals surface area (Å²) in [6.45, 7) is 6.34. The van der Waals surface area contributed by atoms with Crippen LogP contribution in [-0.4, -0.2) is 26.9 Å². The standard InChI is InChI=1S/C25H32BrF2N3O4/c1-15-21(26)22(32)31(24(34)30(15)13-17-18(27)11-8-12-19(17)28)14-20(16-9-6-5-7-10-16)29-23(33)35-25(2,3)4/h8,11-12,16,20H,5-7,9-10,13-14H2,1-4H3,(H,29,33). The lowest BCUT2D eigenvalue weighted by Gasteiger charge is -2.32. The minimum Gasteiger partial charge on any atom is -0.444 e. The van der Waals surface area contributed by atoms with Gasteiger partial charge in [0.1, 0.15) is 21.7 Å². The van der Waals surface area contributed by atoms with Gasteiger partial charge in [-0.2, -0.15) is 0 Å². The number of amides is 1. The fraction of sp³-hybridized carbons (Fsp3) is 0.560. The molecule has 1 N–H and O–H groups in total. The summed E-state index contributed by atoms with van der Waals surface area (Å²) in [4.78, 5) is 39.1. The third kappa shape index (κ3) is 6.59. The first-order valence-corrected chi connectivity index (χ1v) is 12.6. The number of halogens is 3. The summed E-state index contributed by atoms with van der Waals surface area (Å²) in [5.41, 5.74) is -1.99. The molecule has 1 heterocycles. The Morgan fingerprint density at radius 3 is 2.31 bits per heavy atom. The van der Waals surface area contributed by atoms with Crippen LogP contribution in [0.15, 0.2) is 32.3 Å². The first-order valence-electron chi connectivity index (χ1n) is 11.8. The smallest absolute Gasteiger partial charge is 0.407 e. The molecule has 0 saturated heterocycles. The van der Waals surface area contributed by atoms with Gasteiger partial charge in [-0.25, -0.2) is 18.4 Å². The van der Waals surface area contributed by atoms with Gasteiger partial charge in [-0.1, -0.05) is 25.3 Å². The second kappa shape index (κ2) is 11.1. The normalized spacial score (nSPS) is 15.6. The summed E-state index contributed by atoms with van der Waals surface area (Å²) in [5.74, 6) is -1.51. The van der Waals surface area contributed by atoms with Gasteiger partial charge in [0.05, 0.1) is 19.1 Å². The molecule has 1 unspecified atom stereocenters. The lowest BCUT2D eigenvalue weighted by atomic mass is 9.84. The molecular formula is C25H32BrF2N3O4. The number of rotatable bonds is 6. The van der Waals surface area contributed by atoms with E-state index in [1.54, 1.807) is 20.8 Å². The van der Waals surface area contributed by atoms with Crippen molar-refractivity contribution in [2.75, 3.05) is 0 Å². The molecule has 0 bridgehead atoms. The highest BCUT2D eigenvalue weighted by Crippen LogP contribution is 2.27. The topological polar surface area (TPSA) is 82.3 Å². The lowest BCUT2D eigenvalue weighted by Crippen LogP contribution is -2.51. The zero-order valence-electron chi connectivity index (χ0n) is 20.5. The highest BCUT2D eigenvalue weighted by Gasteiger charge is 2.29. The fourth-order valence-corrected chi connectivity index (χ4v) is 4.89. The molecule has 35 heavy (non-hydrogen) atoms. The Labute approximate surface area is 211 Å². The summed E-state index contributed by atoms with van der Waals surface area (Å²) < 4.78 is 36.3. The second-order valence-corrected chi connectivity index (χ2v) is 10.8. The van der Waals surface area contributed by atoms with Crippen LogP contribution in [0.5, 0.6) is 0 Å². The van der Waals surface area contributed by atoms with E-state index in [0.717, 1.165) is 48.8 Å². The van der Waals surface area contributed by atoms with Crippen LogP contribution in [0.1, 0.15) is 64.1 Å². The number of carbonyl (C=O) groups is 1. The molecule has 1 atom stereocenters. The van der Waals surface area contributed by atoms with Gasteiger partial charge in [0.25, 0.3) is 5.56 Å². The molecule has 1 fully saturated rings. The van der Waals surface area contributed by atoms with Gasteiger partial charge in [-0.15, -0.1) is 0 Å². The quantitative estimate of drug-likeness (QED) is 0.550. The molecule has 7 nitrogen and oxygen atoms in total. The van der Waals surface area contributed by atoms with Crippen molar-refractivity contribution in [1.82, 2.24) is 14.5 Å². The van der Waals surface area contributed by atoms with E-state index in [0.29, 0.717) is 0 Å². The molecular weight excluding hydrogens is 524 g/mol. The highest BCUT2D eigenvalue weighted by molar-refractivity contribution is 9.10. The van der Waals surface area contributed by atoms with E-state index >= 15 is 0 Å². The van der Waals surface area contributed by atoms with Crippen molar-refractivity contribution in [3.05, 3.63) is 66.4 Å². The zero-order chi connectivity index (χ0) is 25.9. The molecule has 0 aliphatic heterocycles. The van der Waals surface area contributed by atoms with Crippen LogP contribution in [0.4, 0.5) is 13.6 Å². The van der Waals surface area contributed by atoms with E-state index in [2.05, 4.69) is 21.2 Å². The van der Waals surface area contributed by atoms with Crippen LogP contribution in [-0.2, 0) is 17.8 Å². The number of aromatic nitrogens is 2. The van der Waals surface area contributed by atoms with Crippen LogP contribution >= 0.6 is 15.9 Å². The summed E-state index contributed by atoms with van der Waals surface area (Å²) >= 11 is 3.25. The third-order valence-electron chi connectivity index (χ3n) is 6.30. The molecule has 1 aromatic carbocycles. The Morgan fingerprint density at radius 2 is 1.74 bits per heavy atom. The van der Waals surface area contributed by atoms with Gasteiger partial charge >= 0.3 is 11.8 Å². The van der Waals surface area contributed by atoms with E-state index in [1.807, 2.05) is 0 Å². The predicted octanol–water partition coefficient (Wildman–Crippen LogP) is 4.88. The average Bonchev–Trinajstić information content (AvgIpc) is 2.78. The number of alkyl carbamates (subject to hydrolysis) is 1. The van der Waals surface area contributed by atoms with Gasteiger partial charge in [0.2, 0.25) is 0 Å². The molecule has 3 rings (SSSR count). The third-order valence-corrected chi connectivity index (χ3v) is 7.21. The van der Waals surface area contributed by atoms with Crippen LogP contribution in [0.25, 0.3) is 0 Å². The number of carbonyl (C=O) groups excluding carboxylic acids is 1. The van der Waals surface area contributed by atoms with E-state index in [1.165, 1.54) is 17.6 Å².